The summed E-state index contributed by atoms with van der Waals surface area (Å²) in [7, 11) is -4.98. The maximum absolute atomic E-state index is 14.2. The summed E-state index contributed by atoms with van der Waals surface area (Å²) in [5.74, 6) is -12.1. The van der Waals surface area contributed by atoms with Gasteiger partial charge in [0.2, 0.25) is 41.4 Å². The molecule has 0 radical (unpaired) electrons. The highest BCUT2D eigenvalue weighted by Crippen LogP contribution is 2.37. The third-order valence-corrected chi connectivity index (χ3v) is 11.2. The average molecular weight is 1040 g/mol. The number of aliphatic hydroxyl groups excluding tert-OH is 1. The molecule has 27 nitrogen and oxygen atoms in total. The fourth-order valence-electron chi connectivity index (χ4n) is 7.25. The molecule has 1 heterocycles. The van der Waals surface area contributed by atoms with Gasteiger partial charge in [-0.15, -0.1) is 0 Å². The maximum atomic E-state index is 14.2. The van der Waals surface area contributed by atoms with Crippen LogP contribution in [-0.4, -0.2) is 157 Å². The van der Waals surface area contributed by atoms with Gasteiger partial charge < -0.3 is 72.3 Å². The maximum Gasteiger partial charge on any atom is 0.524 e. The van der Waals surface area contributed by atoms with Crippen LogP contribution in [0, 0.1) is 11.8 Å². The standard InChI is InChI=1S/C44H67N8O19P/c1-22(2)17-30(40(63)49-31(18-23(3)4)43(66)52-37(24(5)54)44(67)46-26(21-53)10-14-34(55)56)48-39(62)29(13-15-35(57)58)47-41(64)32(19-25-8-11-27(12-9-25)71-72(68,69)70)50-42(65)33(20-36(59)60)51-38(61)28-7-6-16-45-28/h8-9,11-12,21-24,26,28-33,37,45,54H,6-7,10,13-20H2,1-5H3,(H,46,67)(H,47,64)(H,48,62)(H,49,63)(H,50,65)(H,51,61)(H,52,66)(H,55,56)(H,57,58)(H,59,60)(H2,68,69,70)/t24-,26+,28+,29+,30+,31+,32+,33+,37+/m1/s1. The van der Waals surface area contributed by atoms with Crippen LogP contribution < -0.4 is 47.1 Å². The minimum atomic E-state index is -4.98. The normalized spacial score (nSPS) is 16.8. The Morgan fingerprint density at radius 1 is 0.653 bits per heavy atom. The van der Waals surface area contributed by atoms with Gasteiger partial charge in [-0.25, -0.2) is 4.57 Å². The van der Waals surface area contributed by atoms with E-state index < -0.39 is 154 Å². The van der Waals surface area contributed by atoms with Crippen LogP contribution in [0.4, 0.5) is 0 Å². The molecule has 1 aliphatic rings. The zero-order valence-corrected chi connectivity index (χ0v) is 41.3. The van der Waals surface area contributed by atoms with Crippen molar-refractivity contribution in [1.29, 1.82) is 0 Å². The Balaban J connectivity index is 2.48. The van der Waals surface area contributed by atoms with Crippen LogP contribution >= 0.6 is 7.82 Å². The van der Waals surface area contributed by atoms with Crippen LogP contribution in [0.2, 0.25) is 0 Å². The van der Waals surface area contributed by atoms with Crippen molar-refractivity contribution in [1.82, 2.24) is 42.5 Å². The lowest BCUT2D eigenvalue weighted by Gasteiger charge is -2.29. The zero-order chi connectivity index (χ0) is 54.5. The number of carboxylic acids is 3. The molecule has 1 aromatic rings. The molecule has 0 unspecified atom stereocenters. The minimum absolute atomic E-state index is 0.0536. The summed E-state index contributed by atoms with van der Waals surface area (Å²) in [5.41, 5.74) is 0.212. The molecule has 402 valence electrons. The van der Waals surface area contributed by atoms with Gasteiger partial charge in [-0.1, -0.05) is 39.8 Å². The van der Waals surface area contributed by atoms with Crippen LogP contribution in [0.1, 0.15) is 98.0 Å². The highest BCUT2D eigenvalue weighted by molar-refractivity contribution is 7.46. The second kappa shape index (κ2) is 29.7. The van der Waals surface area contributed by atoms with Gasteiger partial charge in [0.1, 0.15) is 48.3 Å². The van der Waals surface area contributed by atoms with Gasteiger partial charge in [0, 0.05) is 19.3 Å². The number of carbonyl (C=O) groups excluding carboxylic acids is 8. The van der Waals surface area contributed by atoms with Gasteiger partial charge in [0.05, 0.1) is 24.6 Å². The summed E-state index contributed by atoms with van der Waals surface area (Å²) >= 11 is 0. The Kier molecular flexibility index (Phi) is 25.4. The summed E-state index contributed by atoms with van der Waals surface area (Å²) in [6, 6.07) is -6.98. The van der Waals surface area contributed by atoms with Crippen LogP contribution in [0.15, 0.2) is 24.3 Å². The van der Waals surface area contributed by atoms with Crippen LogP contribution in [0.3, 0.4) is 0 Å². The molecule has 0 aromatic heterocycles. The Morgan fingerprint density at radius 2 is 1.14 bits per heavy atom. The van der Waals surface area contributed by atoms with Crippen molar-refractivity contribution in [3.8, 4) is 5.75 Å². The lowest BCUT2D eigenvalue weighted by Crippen LogP contribution is -2.61. The summed E-state index contributed by atoms with van der Waals surface area (Å²) < 4.78 is 15.9. The third-order valence-electron chi connectivity index (χ3n) is 10.8. The van der Waals surface area contributed by atoms with E-state index in [1.807, 2.05) is 0 Å². The van der Waals surface area contributed by atoms with Gasteiger partial charge in [0.25, 0.3) is 0 Å². The summed E-state index contributed by atoms with van der Waals surface area (Å²) in [6.45, 7) is 8.43. The van der Waals surface area contributed by atoms with E-state index in [4.69, 9.17) is 5.11 Å². The van der Waals surface area contributed by atoms with E-state index in [0.29, 0.717) is 19.4 Å². The topological polar surface area (TPSA) is 432 Å². The Labute approximate surface area is 414 Å². The molecular weight excluding hydrogens is 975 g/mol. The molecule has 2 rings (SSSR count). The van der Waals surface area contributed by atoms with Gasteiger partial charge in [-0.05, 0) is 81.5 Å². The number of benzene rings is 1. The average Bonchev–Trinajstić information content (AvgIpc) is 3.82. The highest BCUT2D eigenvalue weighted by Gasteiger charge is 2.36. The predicted octanol–water partition coefficient (Wildman–Crippen LogP) is -2.28. The molecule has 1 saturated heterocycles. The van der Waals surface area contributed by atoms with Crippen LogP contribution in [0.5, 0.6) is 5.75 Å². The molecule has 9 atom stereocenters. The lowest BCUT2D eigenvalue weighted by molar-refractivity contribution is -0.141. The number of aliphatic carboxylic acids is 3. The first-order chi connectivity index (χ1) is 33.6. The van der Waals surface area contributed by atoms with Crippen molar-refractivity contribution in [3.05, 3.63) is 29.8 Å². The second-order valence-corrected chi connectivity index (χ2v) is 19.2. The van der Waals surface area contributed by atoms with Gasteiger partial charge in [-0.3, -0.25) is 57.7 Å². The Hall–Kier alpha value is -6.54. The summed E-state index contributed by atoms with van der Waals surface area (Å²) in [6.07, 6.45) is -3.85. The highest BCUT2D eigenvalue weighted by atomic mass is 31.2. The number of rotatable bonds is 32. The molecule has 1 aliphatic heterocycles. The molecule has 7 amide bonds. The number of phosphoric ester groups is 1. The summed E-state index contributed by atoms with van der Waals surface area (Å²) in [4.78, 5) is 160. The predicted molar refractivity (Wildman–Crippen MR) is 250 cm³/mol. The number of hydrogen-bond donors (Lipinski definition) is 14. The number of phosphoric acid groups is 1. The van der Waals surface area contributed by atoms with Gasteiger partial charge >= 0.3 is 25.7 Å². The van der Waals surface area contributed by atoms with Gasteiger partial charge in [0.15, 0.2) is 0 Å². The van der Waals surface area contributed by atoms with E-state index in [1.54, 1.807) is 27.7 Å². The molecular formula is C44H67N8O19P. The monoisotopic (exact) mass is 1040 g/mol. The first-order valence-electron chi connectivity index (χ1n) is 23.1. The number of aldehydes is 1. The quantitative estimate of drug-likeness (QED) is 0.0267. The molecule has 28 heteroatoms. The molecule has 0 spiro atoms. The third kappa shape index (κ3) is 23.1. The van der Waals surface area contributed by atoms with Crippen molar-refractivity contribution in [2.75, 3.05) is 6.54 Å². The van der Waals surface area contributed by atoms with Gasteiger partial charge in [-0.2, -0.15) is 0 Å². The van der Waals surface area contributed by atoms with Crippen molar-refractivity contribution in [2.24, 2.45) is 11.8 Å². The van der Waals surface area contributed by atoms with E-state index >= 15 is 0 Å². The van der Waals surface area contributed by atoms with E-state index in [1.165, 1.54) is 12.1 Å². The van der Waals surface area contributed by atoms with E-state index in [2.05, 4.69) is 47.1 Å². The Bertz CT molecular complexity index is 2130. The second-order valence-electron chi connectivity index (χ2n) is 18.1. The lowest BCUT2D eigenvalue weighted by atomic mass is 9.99. The van der Waals surface area contributed by atoms with Crippen LogP contribution in [-0.2, 0) is 63.7 Å². The summed E-state index contributed by atoms with van der Waals surface area (Å²) in [5, 5.41) is 58.3. The smallest absolute Gasteiger partial charge is 0.481 e. The number of hydrogen-bond acceptors (Lipinski definition) is 15. The fraction of sp³-hybridized carbons (Fsp3) is 0.614. The number of aliphatic hydroxyl groups is 1. The molecule has 0 aliphatic carbocycles. The zero-order valence-electron chi connectivity index (χ0n) is 40.5. The van der Waals surface area contributed by atoms with E-state index in [9.17, 15) is 82.4 Å². The molecule has 0 bridgehead atoms. The molecule has 14 N–H and O–H groups in total. The fourth-order valence-corrected chi connectivity index (χ4v) is 7.65. The minimum Gasteiger partial charge on any atom is -0.481 e. The molecule has 72 heavy (non-hydrogen) atoms. The van der Waals surface area contributed by atoms with E-state index in [-0.39, 0.29) is 48.7 Å². The largest absolute Gasteiger partial charge is 0.524 e. The molecule has 1 aromatic carbocycles. The Morgan fingerprint density at radius 3 is 1.61 bits per heavy atom. The number of nitrogens with one attached hydrogen (secondary N) is 8. The first-order valence-corrected chi connectivity index (χ1v) is 24.6. The van der Waals surface area contributed by atoms with Crippen LogP contribution in [0.25, 0.3) is 0 Å². The van der Waals surface area contributed by atoms with Crippen molar-refractivity contribution < 1.29 is 92.0 Å². The first kappa shape index (κ1) is 61.6. The number of carbonyl (C=O) groups is 11. The van der Waals surface area contributed by atoms with Crippen molar-refractivity contribution in [3.63, 3.8) is 0 Å². The van der Waals surface area contributed by atoms with Crippen molar-refractivity contribution in [2.45, 2.75) is 153 Å². The molecule has 0 saturated carbocycles. The SMILES string of the molecule is CC(C)C[C@H](NC(=O)[C@H](CCC(=O)O)NC(=O)[C@H](Cc1ccc(OP(=O)(O)O)cc1)NC(=O)[C@H](CC(=O)O)NC(=O)[C@@H]1CCCN1)C(=O)N[C@@H](CC(C)C)C(=O)N[C@H](C(=O)N[C@H](C=O)CCC(=O)O)[C@@H](C)O. The van der Waals surface area contributed by atoms with E-state index in [0.717, 1.165) is 19.1 Å². The molecule has 1 fully saturated rings. The number of carboxylic acid groups (broad SMARTS) is 3. The number of amides is 7. The van der Waals surface area contributed by atoms with Crippen molar-refractivity contribution >= 4 is 73.4 Å².